The highest BCUT2D eigenvalue weighted by Crippen LogP contribution is 2.22. The van der Waals surface area contributed by atoms with Crippen LogP contribution in [0, 0.1) is 0 Å². The second-order valence-electron chi connectivity index (χ2n) is 2.92. The summed E-state index contributed by atoms with van der Waals surface area (Å²) in [6.07, 6.45) is 8.22. The summed E-state index contributed by atoms with van der Waals surface area (Å²) >= 11 is 5.99. The number of rotatable bonds is 2. The third-order valence-electron chi connectivity index (χ3n) is 1.94. The normalized spacial score (nSPS) is 15.2. The number of benzene rings is 1. The van der Waals surface area contributed by atoms with E-state index in [4.69, 9.17) is 11.6 Å². The maximum atomic E-state index is 5.99. The van der Waals surface area contributed by atoms with E-state index >= 15 is 0 Å². The third kappa shape index (κ3) is 1.93. The Labute approximate surface area is 82.7 Å². The van der Waals surface area contributed by atoms with Gasteiger partial charge in [-0.2, -0.15) is 0 Å². The number of para-hydroxylation sites is 1. The minimum atomic E-state index is 0.278. The number of nitrogens with one attached hydrogen (secondary N) is 1. The van der Waals surface area contributed by atoms with Gasteiger partial charge >= 0.3 is 0 Å². The van der Waals surface area contributed by atoms with Crippen LogP contribution in [0.15, 0.2) is 48.6 Å². The first-order valence-corrected chi connectivity index (χ1v) is 4.60. The topological polar surface area (TPSA) is 12.0 Å². The van der Waals surface area contributed by atoms with Crippen molar-refractivity contribution in [3.63, 3.8) is 0 Å². The van der Waals surface area contributed by atoms with Crippen molar-refractivity contribution < 1.29 is 0 Å². The quantitative estimate of drug-likeness (QED) is 0.757. The highest BCUT2D eigenvalue weighted by molar-refractivity contribution is 6.33. The van der Waals surface area contributed by atoms with Crippen LogP contribution in [-0.4, -0.2) is 6.04 Å². The molecular formula is C11H10ClN. The molecular weight excluding hydrogens is 182 g/mol. The number of halogens is 1. The van der Waals surface area contributed by atoms with Gasteiger partial charge in [-0.1, -0.05) is 48.0 Å². The second-order valence-corrected chi connectivity index (χ2v) is 3.33. The molecule has 0 aliphatic heterocycles. The lowest BCUT2D eigenvalue weighted by Crippen LogP contribution is -2.11. The SMILES string of the molecule is Clc1ccccc1NC1C=CC=C1. The number of allylic oxidation sites excluding steroid dienone is 2. The summed E-state index contributed by atoms with van der Waals surface area (Å²) in [5.41, 5.74) is 0.977. The van der Waals surface area contributed by atoms with Gasteiger partial charge in [-0.25, -0.2) is 0 Å². The Bertz CT molecular complexity index is 343. The minimum Gasteiger partial charge on any atom is -0.374 e. The summed E-state index contributed by atoms with van der Waals surface area (Å²) in [5.74, 6) is 0. The second kappa shape index (κ2) is 3.67. The van der Waals surface area contributed by atoms with Gasteiger partial charge in [0.05, 0.1) is 16.8 Å². The largest absolute Gasteiger partial charge is 0.374 e. The molecule has 2 heteroatoms. The molecule has 0 saturated heterocycles. The fraction of sp³-hybridized carbons (Fsp3) is 0.0909. The van der Waals surface area contributed by atoms with Gasteiger partial charge in [0, 0.05) is 0 Å². The van der Waals surface area contributed by atoms with Gasteiger partial charge in [-0.05, 0) is 12.1 Å². The molecule has 1 aromatic rings. The van der Waals surface area contributed by atoms with Crippen molar-refractivity contribution in [1.82, 2.24) is 0 Å². The van der Waals surface area contributed by atoms with Crippen molar-refractivity contribution >= 4 is 17.3 Å². The summed E-state index contributed by atoms with van der Waals surface area (Å²) < 4.78 is 0. The molecule has 1 aromatic carbocycles. The molecule has 0 amide bonds. The van der Waals surface area contributed by atoms with E-state index in [1.165, 1.54) is 0 Å². The smallest absolute Gasteiger partial charge is 0.0637 e. The van der Waals surface area contributed by atoms with Crippen LogP contribution >= 0.6 is 11.6 Å². The molecule has 0 bridgehead atoms. The van der Waals surface area contributed by atoms with Crippen LogP contribution in [0.2, 0.25) is 5.02 Å². The van der Waals surface area contributed by atoms with E-state index in [0.29, 0.717) is 0 Å². The molecule has 66 valence electrons. The first-order chi connectivity index (χ1) is 6.36. The summed E-state index contributed by atoms with van der Waals surface area (Å²) in [4.78, 5) is 0. The van der Waals surface area contributed by atoms with E-state index in [9.17, 15) is 0 Å². The molecule has 0 heterocycles. The third-order valence-corrected chi connectivity index (χ3v) is 2.27. The van der Waals surface area contributed by atoms with Crippen molar-refractivity contribution in [3.8, 4) is 0 Å². The first-order valence-electron chi connectivity index (χ1n) is 4.22. The van der Waals surface area contributed by atoms with Gasteiger partial charge in [0.2, 0.25) is 0 Å². The predicted octanol–water partition coefficient (Wildman–Crippen LogP) is 3.25. The van der Waals surface area contributed by atoms with Crippen molar-refractivity contribution in [2.45, 2.75) is 6.04 Å². The van der Waals surface area contributed by atoms with Crippen LogP contribution < -0.4 is 5.32 Å². The Morgan fingerprint density at radius 2 is 1.77 bits per heavy atom. The lowest BCUT2D eigenvalue weighted by molar-refractivity contribution is 1.13. The van der Waals surface area contributed by atoms with E-state index in [0.717, 1.165) is 10.7 Å². The Morgan fingerprint density at radius 1 is 1.08 bits per heavy atom. The Kier molecular flexibility index (Phi) is 2.37. The highest BCUT2D eigenvalue weighted by Gasteiger charge is 2.04. The van der Waals surface area contributed by atoms with Crippen LogP contribution in [0.5, 0.6) is 0 Å². The highest BCUT2D eigenvalue weighted by atomic mass is 35.5. The van der Waals surface area contributed by atoms with E-state index in [1.807, 2.05) is 36.4 Å². The molecule has 0 atom stereocenters. The lowest BCUT2D eigenvalue weighted by Gasteiger charge is -2.11. The molecule has 1 aliphatic carbocycles. The molecule has 13 heavy (non-hydrogen) atoms. The molecule has 0 fully saturated rings. The molecule has 0 unspecified atom stereocenters. The first kappa shape index (κ1) is 8.39. The van der Waals surface area contributed by atoms with Crippen LogP contribution in [0.4, 0.5) is 5.69 Å². The van der Waals surface area contributed by atoms with E-state index < -0.39 is 0 Å². The molecule has 1 nitrogen and oxygen atoms in total. The van der Waals surface area contributed by atoms with Gasteiger partial charge in [0.15, 0.2) is 0 Å². The van der Waals surface area contributed by atoms with Gasteiger partial charge in [-0.15, -0.1) is 0 Å². The maximum Gasteiger partial charge on any atom is 0.0637 e. The maximum absolute atomic E-state index is 5.99. The standard InChI is InChI=1S/C11H10ClN/c12-10-7-3-4-8-11(10)13-9-5-1-2-6-9/h1-9,13H. The van der Waals surface area contributed by atoms with E-state index in [-0.39, 0.29) is 6.04 Å². The van der Waals surface area contributed by atoms with Crippen molar-refractivity contribution in [2.24, 2.45) is 0 Å². The molecule has 0 saturated carbocycles. The van der Waals surface area contributed by atoms with E-state index in [2.05, 4.69) is 17.5 Å². The average molecular weight is 192 g/mol. The fourth-order valence-electron chi connectivity index (χ4n) is 1.29. The minimum absolute atomic E-state index is 0.278. The average Bonchev–Trinajstić information content (AvgIpc) is 2.61. The zero-order chi connectivity index (χ0) is 9.10. The van der Waals surface area contributed by atoms with E-state index in [1.54, 1.807) is 0 Å². The Balaban J connectivity index is 2.13. The molecule has 2 rings (SSSR count). The van der Waals surface area contributed by atoms with Crippen LogP contribution in [0.1, 0.15) is 0 Å². The van der Waals surface area contributed by atoms with Crippen molar-refractivity contribution in [2.75, 3.05) is 5.32 Å². The number of anilines is 1. The van der Waals surface area contributed by atoms with Crippen LogP contribution in [0.25, 0.3) is 0 Å². The zero-order valence-corrected chi connectivity index (χ0v) is 7.83. The number of hydrogen-bond acceptors (Lipinski definition) is 1. The van der Waals surface area contributed by atoms with Crippen molar-refractivity contribution in [1.29, 1.82) is 0 Å². The van der Waals surface area contributed by atoms with Gasteiger partial charge in [-0.3, -0.25) is 0 Å². The summed E-state index contributed by atoms with van der Waals surface area (Å²) in [6.45, 7) is 0. The molecule has 0 aromatic heterocycles. The lowest BCUT2D eigenvalue weighted by atomic mass is 10.2. The summed E-state index contributed by atoms with van der Waals surface area (Å²) in [7, 11) is 0. The molecule has 1 N–H and O–H groups in total. The van der Waals surface area contributed by atoms with Crippen LogP contribution in [0.3, 0.4) is 0 Å². The molecule has 0 spiro atoms. The van der Waals surface area contributed by atoms with Crippen molar-refractivity contribution in [3.05, 3.63) is 53.6 Å². The predicted molar refractivity (Wildman–Crippen MR) is 57.1 cm³/mol. The Morgan fingerprint density at radius 3 is 2.46 bits per heavy atom. The fourth-order valence-corrected chi connectivity index (χ4v) is 1.48. The Hall–Kier alpha value is -1.21. The molecule has 0 radical (unpaired) electrons. The monoisotopic (exact) mass is 191 g/mol. The van der Waals surface area contributed by atoms with Crippen LogP contribution in [-0.2, 0) is 0 Å². The summed E-state index contributed by atoms with van der Waals surface area (Å²) in [5, 5.41) is 4.06. The summed E-state index contributed by atoms with van der Waals surface area (Å²) in [6, 6.07) is 8.03. The van der Waals surface area contributed by atoms with Gasteiger partial charge in [0.1, 0.15) is 0 Å². The zero-order valence-electron chi connectivity index (χ0n) is 7.07. The van der Waals surface area contributed by atoms with Gasteiger partial charge < -0.3 is 5.32 Å². The van der Waals surface area contributed by atoms with Gasteiger partial charge in [0.25, 0.3) is 0 Å². The molecule has 1 aliphatic rings. The number of hydrogen-bond donors (Lipinski definition) is 1.